The number of allylic oxidation sites excluding steroid dienone is 1. The Labute approximate surface area is 87.8 Å². The van der Waals surface area contributed by atoms with Crippen molar-refractivity contribution in [2.24, 2.45) is 0 Å². The van der Waals surface area contributed by atoms with Gasteiger partial charge in [0.15, 0.2) is 0 Å². The van der Waals surface area contributed by atoms with Crippen molar-refractivity contribution < 1.29 is 13.0 Å². The molecule has 1 rings (SSSR count). The van der Waals surface area contributed by atoms with E-state index in [1.807, 2.05) is 0 Å². The molecule has 14 heavy (non-hydrogen) atoms. The van der Waals surface area contributed by atoms with E-state index >= 15 is 0 Å². The van der Waals surface area contributed by atoms with Gasteiger partial charge >= 0.3 is 0 Å². The molecule has 0 fully saturated rings. The Morgan fingerprint density at radius 2 is 1.86 bits per heavy atom. The van der Waals surface area contributed by atoms with Gasteiger partial charge in [0.2, 0.25) is 0 Å². The van der Waals surface area contributed by atoms with Gasteiger partial charge in [-0.25, -0.2) is 0 Å². The minimum Gasteiger partial charge on any atom is -0.282 e. The van der Waals surface area contributed by atoms with Crippen molar-refractivity contribution in [2.75, 3.05) is 0 Å². The highest BCUT2D eigenvalue weighted by Gasteiger charge is 2.02. The molecule has 1 aromatic rings. The van der Waals surface area contributed by atoms with Gasteiger partial charge in [0, 0.05) is 5.02 Å². The molecule has 0 aliphatic rings. The summed E-state index contributed by atoms with van der Waals surface area (Å²) in [5.74, 6) is 0. The first-order chi connectivity index (χ1) is 6.38. The van der Waals surface area contributed by atoms with Crippen LogP contribution in [-0.2, 0) is 10.1 Å². The first kappa shape index (κ1) is 11.2. The molecule has 3 nitrogen and oxygen atoms in total. The lowest BCUT2D eigenvalue weighted by Gasteiger charge is -2.00. The molecule has 0 aliphatic carbocycles. The molecular weight excluding hydrogens is 224 g/mol. The first-order valence-electron chi connectivity index (χ1n) is 3.80. The molecule has 0 atom stereocenters. The van der Waals surface area contributed by atoms with Gasteiger partial charge in [0.05, 0.1) is 5.41 Å². The van der Waals surface area contributed by atoms with Gasteiger partial charge in [-0.3, -0.25) is 4.55 Å². The maximum Gasteiger partial charge on any atom is 0.287 e. The van der Waals surface area contributed by atoms with Crippen molar-refractivity contribution in [1.29, 1.82) is 0 Å². The average Bonchev–Trinajstić information content (AvgIpc) is 2.02. The molecular formula is C9H9ClO3S. The van der Waals surface area contributed by atoms with E-state index in [-0.39, 0.29) is 0 Å². The molecule has 5 heteroatoms. The number of rotatable bonds is 2. The van der Waals surface area contributed by atoms with Crippen LogP contribution in [0.5, 0.6) is 0 Å². The third-order valence-corrected chi connectivity index (χ3v) is 2.53. The van der Waals surface area contributed by atoms with Crippen LogP contribution in [0.3, 0.4) is 0 Å². The molecule has 0 aliphatic heterocycles. The molecule has 0 amide bonds. The zero-order valence-corrected chi connectivity index (χ0v) is 9.01. The van der Waals surface area contributed by atoms with E-state index in [4.69, 9.17) is 16.2 Å². The molecule has 0 saturated heterocycles. The Kier molecular flexibility index (Phi) is 3.31. The summed E-state index contributed by atoms with van der Waals surface area (Å²) in [5, 5.41) is 1.38. The monoisotopic (exact) mass is 232 g/mol. The zero-order chi connectivity index (χ0) is 10.8. The number of hydrogen-bond donors (Lipinski definition) is 1. The third-order valence-electron chi connectivity index (χ3n) is 1.63. The first-order valence-corrected chi connectivity index (χ1v) is 5.68. The molecule has 0 radical (unpaired) electrons. The Bertz CT molecular complexity index is 445. The van der Waals surface area contributed by atoms with E-state index in [1.54, 1.807) is 31.2 Å². The molecule has 76 valence electrons. The predicted molar refractivity (Wildman–Crippen MR) is 56.7 cm³/mol. The molecule has 0 heterocycles. The standard InChI is InChI=1S/C9H9ClO3S/c1-7(6-14(11,12)13)8-2-4-9(10)5-3-8/h2-6H,1H3,(H,11,12,13)/b7-6+. The minimum atomic E-state index is -4.08. The Morgan fingerprint density at radius 3 is 2.29 bits per heavy atom. The number of benzene rings is 1. The quantitative estimate of drug-likeness (QED) is 0.798. The van der Waals surface area contributed by atoms with E-state index in [0.717, 1.165) is 5.41 Å². The summed E-state index contributed by atoms with van der Waals surface area (Å²) in [5.41, 5.74) is 1.16. The summed E-state index contributed by atoms with van der Waals surface area (Å²) in [6.07, 6.45) is 0. The molecule has 1 N–H and O–H groups in total. The Hall–Kier alpha value is -0.840. The fourth-order valence-electron chi connectivity index (χ4n) is 1.00. The van der Waals surface area contributed by atoms with Gasteiger partial charge in [-0.1, -0.05) is 23.7 Å². The van der Waals surface area contributed by atoms with Crippen LogP contribution in [-0.4, -0.2) is 13.0 Å². The summed E-state index contributed by atoms with van der Waals surface area (Å²) in [6.45, 7) is 1.59. The molecule has 0 unspecified atom stereocenters. The summed E-state index contributed by atoms with van der Waals surface area (Å²) in [6, 6.07) is 6.66. The van der Waals surface area contributed by atoms with Crippen LogP contribution in [0, 0.1) is 0 Å². The molecule has 1 aromatic carbocycles. The van der Waals surface area contributed by atoms with Crippen LogP contribution >= 0.6 is 11.6 Å². The minimum absolute atomic E-state index is 0.462. The smallest absolute Gasteiger partial charge is 0.282 e. The van der Waals surface area contributed by atoms with Gasteiger partial charge in [0.25, 0.3) is 10.1 Å². The topological polar surface area (TPSA) is 54.4 Å². The average molecular weight is 233 g/mol. The Balaban J connectivity index is 3.07. The van der Waals surface area contributed by atoms with Gasteiger partial charge in [-0.2, -0.15) is 8.42 Å². The van der Waals surface area contributed by atoms with Crippen LogP contribution in [0.25, 0.3) is 5.57 Å². The highest BCUT2D eigenvalue weighted by Crippen LogP contribution is 2.17. The predicted octanol–water partition coefficient (Wildman–Crippen LogP) is 2.59. The largest absolute Gasteiger partial charge is 0.287 e. The van der Waals surface area contributed by atoms with Crippen LogP contribution < -0.4 is 0 Å². The van der Waals surface area contributed by atoms with E-state index in [2.05, 4.69) is 0 Å². The van der Waals surface area contributed by atoms with E-state index in [1.165, 1.54) is 0 Å². The van der Waals surface area contributed by atoms with Gasteiger partial charge < -0.3 is 0 Å². The van der Waals surface area contributed by atoms with Crippen molar-refractivity contribution in [2.45, 2.75) is 6.92 Å². The van der Waals surface area contributed by atoms with Crippen molar-refractivity contribution in [3.8, 4) is 0 Å². The summed E-state index contributed by atoms with van der Waals surface area (Å²) >= 11 is 5.66. The van der Waals surface area contributed by atoms with Crippen LogP contribution in [0.2, 0.25) is 5.02 Å². The summed E-state index contributed by atoms with van der Waals surface area (Å²) < 4.78 is 29.6. The fraction of sp³-hybridized carbons (Fsp3) is 0.111. The van der Waals surface area contributed by atoms with Crippen molar-refractivity contribution >= 4 is 27.3 Å². The fourth-order valence-corrected chi connectivity index (χ4v) is 1.71. The van der Waals surface area contributed by atoms with Crippen LogP contribution in [0.4, 0.5) is 0 Å². The molecule has 0 aromatic heterocycles. The normalized spacial score (nSPS) is 12.9. The van der Waals surface area contributed by atoms with Crippen molar-refractivity contribution in [3.63, 3.8) is 0 Å². The highest BCUT2D eigenvalue weighted by atomic mass is 35.5. The highest BCUT2D eigenvalue weighted by molar-refractivity contribution is 7.89. The lowest BCUT2D eigenvalue weighted by molar-refractivity contribution is 0.494. The maximum absolute atomic E-state index is 10.5. The van der Waals surface area contributed by atoms with Gasteiger partial charge in [-0.15, -0.1) is 0 Å². The van der Waals surface area contributed by atoms with E-state index < -0.39 is 10.1 Å². The van der Waals surface area contributed by atoms with Gasteiger partial charge in [-0.05, 0) is 30.2 Å². The lowest BCUT2D eigenvalue weighted by atomic mass is 10.1. The number of hydrogen-bond acceptors (Lipinski definition) is 2. The zero-order valence-electron chi connectivity index (χ0n) is 7.44. The van der Waals surface area contributed by atoms with Crippen molar-refractivity contribution in [3.05, 3.63) is 40.3 Å². The second-order valence-corrected chi connectivity index (χ2v) is 4.52. The van der Waals surface area contributed by atoms with Gasteiger partial charge in [0.1, 0.15) is 0 Å². The van der Waals surface area contributed by atoms with E-state index in [9.17, 15) is 8.42 Å². The Morgan fingerprint density at radius 1 is 1.36 bits per heavy atom. The summed E-state index contributed by atoms with van der Waals surface area (Å²) in [7, 11) is -4.08. The SMILES string of the molecule is C/C(=C\S(=O)(=O)O)c1ccc(Cl)cc1. The third kappa shape index (κ3) is 3.49. The number of halogens is 1. The second kappa shape index (κ2) is 4.13. The molecule has 0 spiro atoms. The van der Waals surface area contributed by atoms with E-state index in [0.29, 0.717) is 16.2 Å². The second-order valence-electron chi connectivity index (χ2n) is 2.82. The lowest BCUT2D eigenvalue weighted by Crippen LogP contribution is -1.92. The van der Waals surface area contributed by atoms with Crippen LogP contribution in [0.15, 0.2) is 29.7 Å². The van der Waals surface area contributed by atoms with Crippen molar-refractivity contribution in [1.82, 2.24) is 0 Å². The summed E-state index contributed by atoms with van der Waals surface area (Å²) in [4.78, 5) is 0. The van der Waals surface area contributed by atoms with Crippen LogP contribution in [0.1, 0.15) is 12.5 Å². The molecule has 0 saturated carbocycles. The molecule has 0 bridgehead atoms. The maximum atomic E-state index is 10.5.